The molecule has 0 atom stereocenters. The summed E-state index contributed by atoms with van der Waals surface area (Å²) in [5.41, 5.74) is 3.56. The maximum absolute atomic E-state index is 10.7. The van der Waals surface area contributed by atoms with E-state index in [-0.39, 0.29) is 10.6 Å². The van der Waals surface area contributed by atoms with Crippen molar-refractivity contribution in [3.8, 4) is 0 Å². The molecular formula is C28H37N5O2. The molecule has 4 rings (SSSR count). The Morgan fingerprint density at radius 2 is 1.77 bits per heavy atom. The third-order valence-corrected chi connectivity index (χ3v) is 7.02. The van der Waals surface area contributed by atoms with Crippen molar-refractivity contribution in [1.82, 2.24) is 10.3 Å². The summed E-state index contributed by atoms with van der Waals surface area (Å²) < 4.78 is 0. The number of hydrogen-bond donors (Lipinski definition) is 2. The van der Waals surface area contributed by atoms with E-state index in [2.05, 4.69) is 53.9 Å². The number of unbranched alkanes of at least 4 members (excludes halogenated alkanes) is 1. The van der Waals surface area contributed by atoms with Crippen molar-refractivity contribution in [3.63, 3.8) is 0 Å². The van der Waals surface area contributed by atoms with Crippen molar-refractivity contribution in [1.29, 1.82) is 0 Å². The van der Waals surface area contributed by atoms with Gasteiger partial charge in [-0.1, -0.05) is 30.3 Å². The van der Waals surface area contributed by atoms with Gasteiger partial charge in [-0.3, -0.25) is 10.1 Å². The van der Waals surface area contributed by atoms with Gasteiger partial charge in [-0.25, -0.2) is 4.98 Å². The van der Waals surface area contributed by atoms with Gasteiger partial charge < -0.3 is 15.5 Å². The molecule has 186 valence electrons. The Kier molecular flexibility index (Phi) is 8.53. The van der Waals surface area contributed by atoms with Gasteiger partial charge in [-0.15, -0.1) is 0 Å². The largest absolute Gasteiger partial charge is 0.377 e. The third kappa shape index (κ3) is 6.92. The molecule has 1 heterocycles. The number of rotatable bonds is 11. The van der Waals surface area contributed by atoms with Crippen molar-refractivity contribution < 1.29 is 4.92 Å². The van der Waals surface area contributed by atoms with Crippen molar-refractivity contribution >= 4 is 28.1 Å². The fraction of sp³-hybridized carbons (Fsp3) is 0.464. The number of aryl methyl sites for hydroxylation is 1. The number of nitro groups is 1. The number of nitro benzene ring substituents is 1. The Balaban J connectivity index is 1.14. The number of fused-ring (bicyclic) bond motifs is 1. The monoisotopic (exact) mass is 475 g/mol. The van der Waals surface area contributed by atoms with Crippen molar-refractivity contribution in [2.75, 3.05) is 37.4 Å². The normalized spacial score (nSPS) is 17.9. The molecule has 0 aliphatic heterocycles. The number of pyridine rings is 1. The zero-order valence-corrected chi connectivity index (χ0v) is 20.9. The van der Waals surface area contributed by atoms with E-state index in [0.717, 1.165) is 49.6 Å². The standard InChI is InChI=1S/C28H37N5O2/c1-32(2)27-19-28(31-26-9-4-3-8-25(26)27)30-23-14-10-22(11-15-23)20-29-18-6-5-7-21-12-16-24(17-13-21)33(34)35/h3-4,8-9,12-13,16-17,19,22-23,29H,5-7,10-11,14-15,18,20H2,1-2H3,(H,30,31). The Bertz CT molecular complexity index is 1110. The SMILES string of the molecule is CN(C)c1cc(NC2CCC(CNCCCCc3ccc([N+](=O)[O-])cc3)CC2)nc2ccccc12. The second-order valence-electron chi connectivity index (χ2n) is 9.88. The van der Waals surface area contributed by atoms with E-state index in [1.807, 2.05) is 18.2 Å². The van der Waals surface area contributed by atoms with Crippen LogP contribution in [0.4, 0.5) is 17.2 Å². The van der Waals surface area contributed by atoms with Crippen LogP contribution in [0.5, 0.6) is 0 Å². The van der Waals surface area contributed by atoms with Crippen LogP contribution in [0.15, 0.2) is 54.6 Å². The lowest BCUT2D eigenvalue weighted by Crippen LogP contribution is -2.31. The minimum Gasteiger partial charge on any atom is -0.377 e. The second-order valence-corrected chi connectivity index (χ2v) is 9.88. The molecule has 1 aromatic heterocycles. The molecular weight excluding hydrogens is 438 g/mol. The molecule has 0 unspecified atom stereocenters. The average Bonchev–Trinajstić information content (AvgIpc) is 2.86. The number of nitrogens with one attached hydrogen (secondary N) is 2. The van der Waals surface area contributed by atoms with Gasteiger partial charge in [0, 0.05) is 49.4 Å². The quantitative estimate of drug-likeness (QED) is 0.207. The Labute approximate surface area is 208 Å². The topological polar surface area (TPSA) is 83.3 Å². The van der Waals surface area contributed by atoms with Crippen LogP contribution in [0.1, 0.15) is 44.1 Å². The van der Waals surface area contributed by atoms with Gasteiger partial charge in [0.05, 0.1) is 10.4 Å². The maximum Gasteiger partial charge on any atom is 0.269 e. The van der Waals surface area contributed by atoms with Crippen LogP contribution in [-0.4, -0.2) is 43.1 Å². The van der Waals surface area contributed by atoms with Crippen LogP contribution in [0, 0.1) is 16.0 Å². The molecule has 0 radical (unpaired) electrons. The van der Waals surface area contributed by atoms with Gasteiger partial charge in [0.25, 0.3) is 5.69 Å². The summed E-state index contributed by atoms with van der Waals surface area (Å²) in [6.45, 7) is 2.11. The first kappa shape index (κ1) is 24.9. The fourth-order valence-electron chi connectivity index (χ4n) is 4.99. The summed E-state index contributed by atoms with van der Waals surface area (Å²) in [6.07, 6.45) is 8.01. The number of hydrogen-bond acceptors (Lipinski definition) is 6. The van der Waals surface area contributed by atoms with Gasteiger partial charge in [0.1, 0.15) is 5.82 Å². The first-order chi connectivity index (χ1) is 17.0. The zero-order valence-electron chi connectivity index (χ0n) is 20.9. The van der Waals surface area contributed by atoms with Crippen LogP contribution >= 0.6 is 0 Å². The molecule has 35 heavy (non-hydrogen) atoms. The van der Waals surface area contributed by atoms with E-state index >= 15 is 0 Å². The number of nitrogens with zero attached hydrogens (tertiary/aromatic N) is 3. The van der Waals surface area contributed by atoms with Gasteiger partial charge in [0.2, 0.25) is 0 Å². The fourth-order valence-corrected chi connectivity index (χ4v) is 4.99. The molecule has 0 bridgehead atoms. The van der Waals surface area contributed by atoms with E-state index in [4.69, 9.17) is 4.98 Å². The second kappa shape index (κ2) is 12.0. The summed E-state index contributed by atoms with van der Waals surface area (Å²) in [5.74, 6) is 1.71. The van der Waals surface area contributed by atoms with Crippen LogP contribution in [-0.2, 0) is 6.42 Å². The van der Waals surface area contributed by atoms with Crippen LogP contribution < -0.4 is 15.5 Å². The minimum absolute atomic E-state index is 0.159. The van der Waals surface area contributed by atoms with Gasteiger partial charge >= 0.3 is 0 Å². The summed E-state index contributed by atoms with van der Waals surface area (Å²) >= 11 is 0. The van der Waals surface area contributed by atoms with Gasteiger partial charge in [-0.2, -0.15) is 0 Å². The summed E-state index contributed by atoms with van der Waals surface area (Å²) in [6, 6.07) is 17.9. The molecule has 1 fully saturated rings. The van der Waals surface area contributed by atoms with Crippen LogP contribution in [0.2, 0.25) is 0 Å². The van der Waals surface area contributed by atoms with E-state index in [9.17, 15) is 10.1 Å². The molecule has 2 aromatic carbocycles. The molecule has 1 saturated carbocycles. The van der Waals surface area contributed by atoms with Crippen molar-refractivity contribution in [3.05, 3.63) is 70.3 Å². The summed E-state index contributed by atoms with van der Waals surface area (Å²) in [7, 11) is 4.17. The molecule has 0 spiro atoms. The summed E-state index contributed by atoms with van der Waals surface area (Å²) in [5, 5.41) is 19.3. The van der Waals surface area contributed by atoms with E-state index in [0.29, 0.717) is 6.04 Å². The van der Waals surface area contributed by atoms with Crippen LogP contribution in [0.25, 0.3) is 10.9 Å². The number of para-hydroxylation sites is 1. The molecule has 3 aromatic rings. The van der Waals surface area contributed by atoms with Gasteiger partial charge in [0.15, 0.2) is 0 Å². The predicted molar refractivity (Wildman–Crippen MR) is 144 cm³/mol. The molecule has 7 nitrogen and oxygen atoms in total. The van der Waals surface area contributed by atoms with E-state index < -0.39 is 0 Å². The lowest BCUT2D eigenvalue weighted by molar-refractivity contribution is -0.384. The number of benzene rings is 2. The molecule has 1 aliphatic rings. The predicted octanol–water partition coefficient (Wildman–Crippen LogP) is 5.79. The Morgan fingerprint density at radius 1 is 1.03 bits per heavy atom. The van der Waals surface area contributed by atoms with Crippen molar-refractivity contribution in [2.24, 2.45) is 5.92 Å². The number of non-ortho nitro benzene ring substituents is 1. The highest BCUT2D eigenvalue weighted by Crippen LogP contribution is 2.30. The number of anilines is 2. The van der Waals surface area contributed by atoms with Crippen molar-refractivity contribution in [2.45, 2.75) is 51.0 Å². The van der Waals surface area contributed by atoms with E-state index in [1.54, 1.807) is 12.1 Å². The first-order valence-corrected chi connectivity index (χ1v) is 12.8. The lowest BCUT2D eigenvalue weighted by Gasteiger charge is -2.30. The summed E-state index contributed by atoms with van der Waals surface area (Å²) in [4.78, 5) is 17.4. The highest BCUT2D eigenvalue weighted by atomic mass is 16.6. The highest BCUT2D eigenvalue weighted by molar-refractivity contribution is 5.93. The highest BCUT2D eigenvalue weighted by Gasteiger charge is 2.21. The smallest absolute Gasteiger partial charge is 0.269 e. The zero-order chi connectivity index (χ0) is 24.6. The van der Waals surface area contributed by atoms with E-state index in [1.165, 1.54) is 42.3 Å². The average molecular weight is 476 g/mol. The first-order valence-electron chi connectivity index (χ1n) is 12.8. The molecule has 2 N–H and O–H groups in total. The molecule has 1 aliphatic carbocycles. The third-order valence-electron chi connectivity index (χ3n) is 7.02. The minimum atomic E-state index is -0.349. The lowest BCUT2D eigenvalue weighted by atomic mass is 9.86. The molecule has 0 saturated heterocycles. The molecule has 0 amide bonds. The molecule has 7 heteroatoms. The van der Waals surface area contributed by atoms with Crippen LogP contribution in [0.3, 0.4) is 0 Å². The van der Waals surface area contributed by atoms with Gasteiger partial charge in [-0.05, 0) is 75.6 Å². The Morgan fingerprint density at radius 3 is 2.49 bits per heavy atom. The Hall–Kier alpha value is -3.19. The number of aromatic nitrogens is 1. The maximum atomic E-state index is 10.7.